The van der Waals surface area contributed by atoms with Crippen molar-refractivity contribution >= 4 is 17.6 Å². The van der Waals surface area contributed by atoms with E-state index >= 15 is 0 Å². The average Bonchev–Trinajstić information content (AvgIpc) is 3.24. The molecule has 3 aromatic rings. The molecular formula is C25H23ClF3N3O3. The van der Waals surface area contributed by atoms with Crippen molar-refractivity contribution in [3.63, 3.8) is 0 Å². The third kappa shape index (κ3) is 5.98. The highest BCUT2D eigenvalue weighted by Crippen LogP contribution is 2.40. The Kier molecular flexibility index (Phi) is 7.39. The standard InChI is InChI=1S/C23H22ClN3O.C2HF3O2/c24-20-8-6-17(7-9-20)13-27-11-10-23(15-27)16-28-14-19-12-25-22(26-21(19)23)18-4-2-1-3-5-18;3-2(4,5)1(6)7/h1-9,12H,10-11,13-16H2;(H,6,7). The second-order valence-electron chi connectivity index (χ2n) is 8.60. The Labute approximate surface area is 205 Å². The number of alkyl halides is 3. The first-order valence-electron chi connectivity index (χ1n) is 10.9. The summed E-state index contributed by atoms with van der Waals surface area (Å²) in [6, 6.07) is 18.3. The van der Waals surface area contributed by atoms with Gasteiger partial charge in [0.1, 0.15) is 0 Å². The van der Waals surface area contributed by atoms with Crippen molar-refractivity contribution in [2.75, 3.05) is 19.7 Å². The minimum atomic E-state index is -5.08. The molecule has 10 heteroatoms. The number of rotatable bonds is 3. The molecule has 1 fully saturated rings. The number of carboxylic acid groups (broad SMARTS) is 1. The summed E-state index contributed by atoms with van der Waals surface area (Å²) in [4.78, 5) is 21.0. The minimum absolute atomic E-state index is 0.0491. The van der Waals surface area contributed by atoms with Crippen molar-refractivity contribution in [3.8, 4) is 11.4 Å². The highest BCUT2D eigenvalue weighted by Gasteiger charge is 2.45. The summed E-state index contributed by atoms with van der Waals surface area (Å²) < 4.78 is 37.7. The summed E-state index contributed by atoms with van der Waals surface area (Å²) in [5, 5.41) is 7.90. The Morgan fingerprint density at radius 1 is 1.14 bits per heavy atom. The lowest BCUT2D eigenvalue weighted by atomic mass is 9.80. The zero-order chi connectivity index (χ0) is 25.1. The monoisotopic (exact) mass is 505 g/mol. The van der Waals surface area contributed by atoms with Gasteiger partial charge in [-0.1, -0.05) is 54.1 Å². The molecular weight excluding hydrogens is 483 g/mol. The predicted octanol–water partition coefficient (Wildman–Crippen LogP) is 5.10. The summed E-state index contributed by atoms with van der Waals surface area (Å²) in [7, 11) is 0. The van der Waals surface area contributed by atoms with Gasteiger partial charge in [0.25, 0.3) is 0 Å². The maximum atomic E-state index is 10.6. The van der Waals surface area contributed by atoms with Crippen molar-refractivity contribution in [3.05, 3.63) is 82.6 Å². The lowest BCUT2D eigenvalue weighted by Crippen LogP contribution is -2.40. The molecule has 0 saturated carbocycles. The van der Waals surface area contributed by atoms with E-state index in [2.05, 4.69) is 34.1 Å². The van der Waals surface area contributed by atoms with Gasteiger partial charge in [-0.25, -0.2) is 14.8 Å². The van der Waals surface area contributed by atoms with Gasteiger partial charge in [0.05, 0.1) is 24.3 Å². The summed E-state index contributed by atoms with van der Waals surface area (Å²) in [5.74, 6) is -1.95. The van der Waals surface area contributed by atoms with E-state index in [9.17, 15) is 13.2 Å². The number of aliphatic carboxylic acids is 1. The van der Waals surface area contributed by atoms with E-state index < -0.39 is 12.1 Å². The number of carbonyl (C=O) groups is 1. The van der Waals surface area contributed by atoms with Gasteiger partial charge in [0.2, 0.25) is 0 Å². The molecule has 1 aromatic heterocycles. The van der Waals surface area contributed by atoms with E-state index in [4.69, 9.17) is 31.2 Å². The molecule has 0 radical (unpaired) electrons. The molecule has 2 aliphatic rings. The van der Waals surface area contributed by atoms with Crippen molar-refractivity contribution in [2.24, 2.45) is 0 Å². The number of benzene rings is 2. The topological polar surface area (TPSA) is 75.5 Å². The molecule has 2 aromatic carbocycles. The van der Waals surface area contributed by atoms with E-state index in [1.807, 2.05) is 36.5 Å². The van der Waals surface area contributed by atoms with Crippen LogP contribution in [0.15, 0.2) is 60.8 Å². The fraction of sp³-hybridized carbons (Fsp3) is 0.320. The van der Waals surface area contributed by atoms with Gasteiger partial charge < -0.3 is 9.84 Å². The van der Waals surface area contributed by atoms with E-state index in [1.165, 1.54) is 11.3 Å². The normalized spacial score (nSPS) is 19.7. The summed E-state index contributed by atoms with van der Waals surface area (Å²) in [5.41, 5.74) is 4.59. The van der Waals surface area contributed by atoms with Crippen LogP contribution in [0, 0.1) is 0 Å². The van der Waals surface area contributed by atoms with Crippen LogP contribution in [0.2, 0.25) is 5.02 Å². The maximum absolute atomic E-state index is 10.6. The average molecular weight is 506 g/mol. The number of ether oxygens (including phenoxy) is 1. The molecule has 184 valence electrons. The Balaban J connectivity index is 0.000000364. The Bertz CT molecular complexity index is 1180. The number of nitrogens with zero attached hydrogens (tertiary/aromatic N) is 3. The molecule has 1 spiro atoms. The maximum Gasteiger partial charge on any atom is 0.490 e. The molecule has 6 nitrogen and oxygen atoms in total. The van der Waals surface area contributed by atoms with Crippen LogP contribution in [0.25, 0.3) is 11.4 Å². The van der Waals surface area contributed by atoms with Crippen LogP contribution in [-0.2, 0) is 28.1 Å². The van der Waals surface area contributed by atoms with E-state index in [0.29, 0.717) is 6.61 Å². The summed E-state index contributed by atoms with van der Waals surface area (Å²) in [6.45, 7) is 4.24. The quantitative estimate of drug-likeness (QED) is 0.533. The third-order valence-corrected chi connectivity index (χ3v) is 6.28. The van der Waals surface area contributed by atoms with E-state index in [1.54, 1.807) is 0 Å². The second kappa shape index (κ2) is 10.3. The number of hydrogen-bond acceptors (Lipinski definition) is 5. The minimum Gasteiger partial charge on any atom is -0.475 e. The van der Waals surface area contributed by atoms with Crippen LogP contribution in [0.5, 0.6) is 0 Å². The first-order chi connectivity index (χ1) is 16.7. The number of hydrogen-bond donors (Lipinski definition) is 1. The van der Waals surface area contributed by atoms with Crippen LogP contribution < -0.4 is 0 Å². The number of carboxylic acids is 1. The zero-order valence-electron chi connectivity index (χ0n) is 18.6. The molecule has 2 aliphatic heterocycles. The first kappa shape index (κ1) is 25.1. The van der Waals surface area contributed by atoms with Gasteiger partial charge in [-0.3, -0.25) is 4.90 Å². The van der Waals surface area contributed by atoms with Gasteiger partial charge >= 0.3 is 12.1 Å². The van der Waals surface area contributed by atoms with Gasteiger partial charge in [-0.15, -0.1) is 0 Å². The number of aromatic nitrogens is 2. The van der Waals surface area contributed by atoms with Crippen molar-refractivity contribution in [2.45, 2.75) is 31.2 Å². The Morgan fingerprint density at radius 2 is 1.83 bits per heavy atom. The van der Waals surface area contributed by atoms with Crippen molar-refractivity contribution < 1.29 is 27.8 Å². The Hall–Kier alpha value is -3.01. The molecule has 1 saturated heterocycles. The van der Waals surface area contributed by atoms with Crippen LogP contribution in [0.4, 0.5) is 13.2 Å². The van der Waals surface area contributed by atoms with Crippen molar-refractivity contribution in [1.82, 2.24) is 14.9 Å². The van der Waals surface area contributed by atoms with Crippen molar-refractivity contribution in [1.29, 1.82) is 0 Å². The first-order valence-corrected chi connectivity index (χ1v) is 11.3. The smallest absolute Gasteiger partial charge is 0.475 e. The number of fused-ring (bicyclic) bond motifs is 2. The summed E-state index contributed by atoms with van der Waals surface area (Å²) in [6.07, 6.45) is -2.08. The largest absolute Gasteiger partial charge is 0.490 e. The molecule has 3 heterocycles. The van der Waals surface area contributed by atoms with Gasteiger partial charge in [0.15, 0.2) is 5.82 Å². The molecule has 0 bridgehead atoms. The predicted molar refractivity (Wildman–Crippen MR) is 124 cm³/mol. The Morgan fingerprint density at radius 3 is 2.49 bits per heavy atom. The van der Waals surface area contributed by atoms with Gasteiger partial charge in [-0.05, 0) is 30.7 Å². The molecule has 0 aliphatic carbocycles. The van der Waals surface area contributed by atoms with E-state index in [-0.39, 0.29) is 5.41 Å². The lowest BCUT2D eigenvalue weighted by Gasteiger charge is -2.34. The van der Waals surface area contributed by atoms with Crippen LogP contribution in [0.1, 0.15) is 23.2 Å². The third-order valence-electron chi connectivity index (χ3n) is 6.03. The fourth-order valence-corrected chi connectivity index (χ4v) is 4.50. The number of halogens is 4. The second-order valence-corrected chi connectivity index (χ2v) is 9.03. The zero-order valence-corrected chi connectivity index (χ0v) is 19.4. The summed E-state index contributed by atoms with van der Waals surface area (Å²) >= 11 is 6.02. The van der Waals surface area contributed by atoms with Gasteiger partial charge in [0, 0.05) is 35.4 Å². The molecule has 1 N–H and O–H groups in total. The molecule has 1 unspecified atom stereocenters. The highest BCUT2D eigenvalue weighted by molar-refractivity contribution is 6.30. The lowest BCUT2D eigenvalue weighted by molar-refractivity contribution is -0.192. The van der Waals surface area contributed by atoms with Crippen LogP contribution in [0.3, 0.4) is 0 Å². The highest BCUT2D eigenvalue weighted by atomic mass is 35.5. The molecule has 1 atom stereocenters. The van der Waals surface area contributed by atoms with Crippen LogP contribution >= 0.6 is 11.6 Å². The van der Waals surface area contributed by atoms with E-state index in [0.717, 1.165) is 54.6 Å². The van der Waals surface area contributed by atoms with Crippen LogP contribution in [-0.4, -0.2) is 51.8 Å². The molecule has 5 rings (SSSR count). The van der Waals surface area contributed by atoms with Gasteiger partial charge in [-0.2, -0.15) is 13.2 Å². The molecule has 0 amide bonds. The molecule has 35 heavy (non-hydrogen) atoms. The number of likely N-dealkylation sites (tertiary alicyclic amines) is 1. The SMILES string of the molecule is Clc1ccc(CN2CCC3(COCc4cnc(-c5ccccc5)nc43)C2)cc1.O=C(O)C(F)(F)F. The fourth-order valence-electron chi connectivity index (χ4n) is 4.37.